The van der Waals surface area contributed by atoms with Crippen LogP contribution in [0.3, 0.4) is 0 Å². The van der Waals surface area contributed by atoms with E-state index in [1.54, 1.807) is 17.2 Å². The highest BCUT2D eigenvalue weighted by Gasteiger charge is 2.44. The number of nitrogens with zero attached hydrogens (tertiary/aromatic N) is 4. The van der Waals surface area contributed by atoms with Gasteiger partial charge in [0.25, 0.3) is 0 Å². The van der Waals surface area contributed by atoms with Crippen LogP contribution in [0.15, 0.2) is 59.1 Å². The van der Waals surface area contributed by atoms with Crippen LogP contribution in [-0.2, 0) is 19.6 Å². The van der Waals surface area contributed by atoms with E-state index in [0.717, 1.165) is 16.6 Å². The van der Waals surface area contributed by atoms with Crippen LogP contribution in [0, 0.1) is 0 Å². The summed E-state index contributed by atoms with van der Waals surface area (Å²) in [5.74, 6) is -0.161. The van der Waals surface area contributed by atoms with Gasteiger partial charge in [-0.05, 0) is 24.6 Å². The summed E-state index contributed by atoms with van der Waals surface area (Å²) >= 11 is 1.44. The number of thiazole rings is 1. The number of hydrogen-bond donors (Lipinski definition) is 1. The first kappa shape index (κ1) is 22.4. The maximum absolute atomic E-state index is 13.6. The summed E-state index contributed by atoms with van der Waals surface area (Å²) in [4.78, 5) is 27.1. The molecule has 0 saturated carbocycles. The number of benzene rings is 1. The number of aromatic amines is 1. The van der Waals surface area contributed by atoms with Gasteiger partial charge < -0.3 is 14.6 Å². The number of sulfonamides is 1. The Hall–Kier alpha value is -3.12. The van der Waals surface area contributed by atoms with Crippen molar-refractivity contribution in [3.63, 3.8) is 0 Å². The Labute approximate surface area is 206 Å². The van der Waals surface area contributed by atoms with Crippen LogP contribution < -0.4 is 0 Å². The minimum Gasteiger partial charge on any atom is -0.378 e. The van der Waals surface area contributed by atoms with Crippen LogP contribution in [0.25, 0.3) is 32.9 Å². The third-order valence-electron chi connectivity index (χ3n) is 6.50. The Bertz CT molecular complexity index is 1460. The number of para-hydroxylation sites is 1. The first-order chi connectivity index (χ1) is 17.0. The minimum atomic E-state index is -3.92. The number of rotatable bonds is 5. The van der Waals surface area contributed by atoms with Crippen molar-refractivity contribution in [2.24, 2.45) is 0 Å². The quantitative estimate of drug-likeness (QED) is 0.443. The summed E-state index contributed by atoms with van der Waals surface area (Å²) < 4.78 is 33.9. The molecule has 0 radical (unpaired) electrons. The molecule has 9 nitrogen and oxygen atoms in total. The van der Waals surface area contributed by atoms with Crippen LogP contribution in [0.1, 0.15) is 6.42 Å². The van der Waals surface area contributed by atoms with E-state index < -0.39 is 16.1 Å². The summed E-state index contributed by atoms with van der Waals surface area (Å²) in [6.07, 6.45) is 3.57. The molecule has 11 heteroatoms. The highest BCUT2D eigenvalue weighted by atomic mass is 32.2. The Morgan fingerprint density at radius 1 is 1.11 bits per heavy atom. The van der Waals surface area contributed by atoms with Gasteiger partial charge in [-0.2, -0.15) is 4.31 Å². The molecule has 4 aromatic rings. The van der Waals surface area contributed by atoms with Crippen molar-refractivity contribution in [2.45, 2.75) is 17.4 Å². The van der Waals surface area contributed by atoms with Crippen molar-refractivity contribution in [1.29, 1.82) is 0 Å². The number of ether oxygens (including phenoxy) is 1. The van der Waals surface area contributed by atoms with E-state index in [4.69, 9.17) is 4.74 Å². The predicted octanol–water partition coefficient (Wildman–Crippen LogP) is 2.98. The number of morpholine rings is 1. The molecule has 2 fully saturated rings. The van der Waals surface area contributed by atoms with Crippen LogP contribution >= 0.6 is 11.3 Å². The number of hydrogen-bond acceptors (Lipinski definition) is 7. The highest BCUT2D eigenvalue weighted by Crippen LogP contribution is 2.36. The largest absolute Gasteiger partial charge is 0.378 e. The van der Waals surface area contributed by atoms with Gasteiger partial charge in [-0.15, -0.1) is 11.3 Å². The van der Waals surface area contributed by atoms with E-state index in [0.29, 0.717) is 55.5 Å². The third-order valence-corrected chi connectivity index (χ3v) is 9.16. The molecule has 1 aromatic carbocycles. The maximum atomic E-state index is 13.6. The van der Waals surface area contributed by atoms with Crippen LogP contribution in [-0.4, -0.2) is 77.4 Å². The fourth-order valence-electron chi connectivity index (χ4n) is 4.55. The summed E-state index contributed by atoms with van der Waals surface area (Å²) in [6.45, 7) is 2.22. The predicted molar refractivity (Wildman–Crippen MR) is 132 cm³/mol. The first-order valence-electron chi connectivity index (χ1n) is 11.4. The second-order valence-electron chi connectivity index (χ2n) is 8.53. The molecule has 0 spiro atoms. The van der Waals surface area contributed by atoms with Crippen molar-refractivity contribution < 1.29 is 17.9 Å². The number of aromatic nitrogens is 3. The normalized spacial score (nSPS) is 19.1. The van der Waals surface area contributed by atoms with Crippen molar-refractivity contribution in [1.82, 2.24) is 24.2 Å². The van der Waals surface area contributed by atoms with Gasteiger partial charge in [0.1, 0.15) is 21.6 Å². The van der Waals surface area contributed by atoms with Crippen molar-refractivity contribution in [2.75, 3.05) is 32.8 Å². The van der Waals surface area contributed by atoms with E-state index in [9.17, 15) is 13.2 Å². The fraction of sp³-hybridized carbons (Fsp3) is 0.292. The molecule has 2 saturated heterocycles. The zero-order chi connectivity index (χ0) is 24.0. The summed E-state index contributed by atoms with van der Waals surface area (Å²) in [6, 6.07) is 10.8. The van der Waals surface area contributed by atoms with Crippen LogP contribution in [0.5, 0.6) is 0 Å². The van der Waals surface area contributed by atoms with Crippen molar-refractivity contribution >= 4 is 38.2 Å². The topological polar surface area (TPSA) is 108 Å². The molecule has 3 aromatic heterocycles. The van der Waals surface area contributed by atoms with Gasteiger partial charge in [-0.3, -0.25) is 9.78 Å². The molecule has 1 amide bonds. The van der Waals surface area contributed by atoms with E-state index >= 15 is 0 Å². The second kappa shape index (κ2) is 8.83. The van der Waals surface area contributed by atoms with Gasteiger partial charge in [0.15, 0.2) is 0 Å². The Morgan fingerprint density at radius 2 is 1.94 bits per heavy atom. The number of pyridine rings is 1. The molecule has 1 N–H and O–H groups in total. The molecule has 5 heterocycles. The molecule has 0 bridgehead atoms. The number of amides is 1. The lowest BCUT2D eigenvalue weighted by molar-refractivity contribution is -0.142. The monoisotopic (exact) mass is 509 g/mol. The van der Waals surface area contributed by atoms with Crippen molar-refractivity contribution in [3.8, 4) is 22.0 Å². The van der Waals surface area contributed by atoms with Gasteiger partial charge in [-0.1, -0.05) is 18.2 Å². The first-order valence-corrected chi connectivity index (χ1v) is 13.7. The smallest absolute Gasteiger partial charge is 0.245 e. The number of H-pyrrole nitrogens is 1. The van der Waals surface area contributed by atoms with E-state index in [-0.39, 0.29) is 10.8 Å². The number of carbonyl (C=O) groups excluding carboxylic acids is 1. The Kier molecular flexibility index (Phi) is 5.64. The summed E-state index contributed by atoms with van der Waals surface area (Å²) in [5.41, 5.74) is 2.95. The fourth-order valence-corrected chi connectivity index (χ4v) is 6.80. The molecule has 6 rings (SSSR count). The van der Waals surface area contributed by atoms with Gasteiger partial charge >= 0.3 is 0 Å². The van der Waals surface area contributed by atoms with E-state index in [1.165, 1.54) is 21.8 Å². The van der Waals surface area contributed by atoms with Crippen molar-refractivity contribution in [3.05, 3.63) is 54.2 Å². The molecular formula is C24H23N5O4S2. The highest BCUT2D eigenvalue weighted by molar-refractivity contribution is 7.89. The second-order valence-corrected chi connectivity index (χ2v) is 11.3. The van der Waals surface area contributed by atoms with Gasteiger partial charge in [0.2, 0.25) is 15.9 Å². The van der Waals surface area contributed by atoms with Crippen LogP contribution in [0.2, 0.25) is 0 Å². The van der Waals surface area contributed by atoms with Gasteiger partial charge in [-0.25, -0.2) is 13.4 Å². The lowest BCUT2D eigenvalue weighted by Crippen LogP contribution is -2.60. The SMILES string of the molecule is O=C([C@@H]1CCN1S(=O)(=O)c1cnc(-c2nccs2)c(-c2cc3ccccc3[nH]2)c1)N1CCOCC1. The molecule has 0 aliphatic carbocycles. The molecule has 2 aliphatic rings. The van der Waals surface area contributed by atoms with Gasteiger partial charge in [0, 0.05) is 59.6 Å². The summed E-state index contributed by atoms with van der Waals surface area (Å²) in [7, 11) is -3.92. The van der Waals surface area contributed by atoms with Gasteiger partial charge in [0.05, 0.1) is 13.2 Å². The third kappa shape index (κ3) is 3.94. The average molecular weight is 510 g/mol. The molecule has 180 valence electrons. The number of carbonyl (C=O) groups is 1. The lowest BCUT2D eigenvalue weighted by atomic mass is 10.1. The zero-order valence-electron chi connectivity index (χ0n) is 18.8. The molecule has 1 atom stereocenters. The number of fused-ring (bicyclic) bond motifs is 1. The lowest BCUT2D eigenvalue weighted by Gasteiger charge is -2.41. The molecule has 2 aliphatic heterocycles. The Morgan fingerprint density at radius 3 is 2.66 bits per heavy atom. The zero-order valence-corrected chi connectivity index (χ0v) is 20.4. The molecular weight excluding hydrogens is 486 g/mol. The molecule has 0 unspecified atom stereocenters. The van der Waals surface area contributed by atoms with E-state index in [2.05, 4.69) is 15.0 Å². The number of nitrogens with one attached hydrogen (secondary N) is 1. The van der Waals surface area contributed by atoms with E-state index in [1.807, 2.05) is 35.7 Å². The standard InChI is InChI=1S/C24H23N5O4S2/c30-24(28-8-10-33-11-9-28)21-5-7-29(21)35(31,32)17-14-18(22(26-15-17)23-25-6-12-34-23)20-13-16-3-1-2-4-19(16)27-20/h1-4,6,12-15,21,27H,5,7-11H2/t21-/m0/s1. The Balaban J connectivity index is 1.39. The minimum absolute atomic E-state index is 0.0611. The molecule has 35 heavy (non-hydrogen) atoms. The maximum Gasteiger partial charge on any atom is 0.245 e. The summed E-state index contributed by atoms with van der Waals surface area (Å²) in [5, 5.41) is 3.57. The van der Waals surface area contributed by atoms with Crippen LogP contribution in [0.4, 0.5) is 0 Å². The average Bonchev–Trinajstić information content (AvgIpc) is 3.53.